The molecule has 3 atom stereocenters. The Morgan fingerprint density at radius 1 is 1.27 bits per heavy atom. The first-order valence-electron chi connectivity index (χ1n) is 13.5. The number of nitriles is 1. The predicted molar refractivity (Wildman–Crippen MR) is 145 cm³/mol. The number of likely N-dealkylation sites (tertiary alicyclic amines) is 2. The number of hydrogen-bond acceptors (Lipinski definition) is 9. The number of fused-ring (bicyclic) bond motifs is 2. The molecular formula is C26H38N8O2S. The number of piperidine rings is 2. The van der Waals surface area contributed by atoms with Gasteiger partial charge in [0, 0.05) is 32.1 Å². The van der Waals surface area contributed by atoms with Gasteiger partial charge in [0.05, 0.1) is 48.7 Å². The number of amides is 1. The summed E-state index contributed by atoms with van der Waals surface area (Å²) in [4.78, 5) is 18.0. The number of rotatable bonds is 6. The maximum Gasteiger partial charge on any atom is 0.223 e. The summed E-state index contributed by atoms with van der Waals surface area (Å²) in [7, 11) is 1.81. The summed E-state index contributed by atoms with van der Waals surface area (Å²) in [6.07, 6.45) is 10.5. The average Bonchev–Trinajstić information content (AvgIpc) is 3.10. The zero-order valence-corrected chi connectivity index (χ0v) is 22.6. The predicted octanol–water partition coefficient (Wildman–Crippen LogP) is 2.11. The van der Waals surface area contributed by atoms with E-state index in [0.29, 0.717) is 23.5 Å². The van der Waals surface area contributed by atoms with E-state index in [1.54, 1.807) is 13.3 Å². The van der Waals surface area contributed by atoms with Gasteiger partial charge in [0.15, 0.2) is 0 Å². The minimum absolute atomic E-state index is 0.124. The number of carbonyl (C=O) groups excluding carboxylic acids is 1. The molecule has 4 fully saturated rings. The number of amidine groups is 1. The van der Waals surface area contributed by atoms with E-state index in [-0.39, 0.29) is 17.9 Å². The monoisotopic (exact) mass is 526 g/mol. The molecule has 3 saturated heterocycles. The summed E-state index contributed by atoms with van der Waals surface area (Å²) >= 11 is 1.46. The first-order valence-corrected chi connectivity index (χ1v) is 14.3. The van der Waals surface area contributed by atoms with Gasteiger partial charge >= 0.3 is 0 Å². The molecule has 0 aromatic carbocycles. The molecule has 2 bridgehead atoms. The Morgan fingerprint density at radius 3 is 2.59 bits per heavy atom. The lowest BCUT2D eigenvalue weighted by molar-refractivity contribution is -0.129. The van der Waals surface area contributed by atoms with Gasteiger partial charge in [-0.05, 0) is 63.1 Å². The standard InChI is InChI=1S/C26H38N8O2S/c1-3-4-22-11-18(12-27)13-29-34(22)37-26(31-28-2)33-14-20-5-6-21(15-33)24(20)30-25(35)19-7-9-32(10-8-19)23-16-36-17-23/h4,11,13,19-21,23-24,28H,3,5-10,14-17H2,1-2H3,(H,30,35)/b22-4-,31-26-/t20-,21+,24?. The number of nitrogens with zero attached hydrogens (tertiary/aromatic N) is 6. The van der Waals surface area contributed by atoms with Crippen LogP contribution in [0.3, 0.4) is 0 Å². The zero-order chi connectivity index (χ0) is 25.8. The first kappa shape index (κ1) is 26.1. The lowest BCUT2D eigenvalue weighted by Gasteiger charge is -2.42. The molecule has 5 rings (SSSR count). The van der Waals surface area contributed by atoms with Gasteiger partial charge in [-0.2, -0.15) is 19.9 Å². The van der Waals surface area contributed by atoms with Crippen LogP contribution in [-0.4, -0.2) is 90.0 Å². The second-order valence-corrected chi connectivity index (χ2v) is 11.4. The number of allylic oxidation sites excluding steroid dienone is 3. The second-order valence-electron chi connectivity index (χ2n) is 10.5. The van der Waals surface area contributed by atoms with Gasteiger partial charge in [-0.25, -0.2) is 0 Å². The van der Waals surface area contributed by atoms with Gasteiger partial charge in [0.25, 0.3) is 0 Å². The fraction of sp³-hybridized carbons (Fsp3) is 0.692. The highest BCUT2D eigenvalue weighted by molar-refractivity contribution is 8.11. The van der Waals surface area contributed by atoms with Gasteiger partial charge in [0.1, 0.15) is 6.07 Å². The van der Waals surface area contributed by atoms with Crippen molar-refractivity contribution < 1.29 is 9.53 Å². The van der Waals surface area contributed by atoms with Crippen LogP contribution in [0.5, 0.6) is 0 Å². The van der Waals surface area contributed by atoms with Crippen molar-refractivity contribution in [2.24, 2.45) is 28.0 Å². The Hall–Kier alpha value is -2.55. The molecule has 1 saturated carbocycles. The SMILES string of the molecule is CC/C=C1/C=C(C#N)C=NN1S/C(=N\NC)N1C[C@H]2CC[C@@H](C1)C2NC(=O)C1CCN(C2COC2)CC1. The van der Waals surface area contributed by atoms with Crippen molar-refractivity contribution in [3.8, 4) is 6.07 Å². The summed E-state index contributed by atoms with van der Waals surface area (Å²) in [5.41, 5.74) is 4.38. The molecule has 0 spiro atoms. The first-order chi connectivity index (χ1) is 18.1. The maximum absolute atomic E-state index is 13.2. The average molecular weight is 527 g/mol. The van der Waals surface area contributed by atoms with Gasteiger partial charge in [0.2, 0.25) is 11.1 Å². The van der Waals surface area contributed by atoms with Crippen LogP contribution in [-0.2, 0) is 9.53 Å². The Bertz CT molecular complexity index is 995. The fourth-order valence-electron chi connectivity index (χ4n) is 6.10. The smallest absolute Gasteiger partial charge is 0.223 e. The molecule has 1 amide bonds. The van der Waals surface area contributed by atoms with Crippen LogP contribution >= 0.6 is 11.9 Å². The number of hydrazone groups is 2. The van der Waals surface area contributed by atoms with Gasteiger partial charge in [-0.15, -0.1) is 0 Å². The third-order valence-corrected chi connectivity index (χ3v) is 9.19. The van der Waals surface area contributed by atoms with Crippen molar-refractivity contribution in [3.05, 3.63) is 23.4 Å². The normalized spacial score (nSPS) is 30.2. The Kier molecular flexibility index (Phi) is 8.37. The Labute approximate surface area is 223 Å². The van der Waals surface area contributed by atoms with Crippen LogP contribution in [0, 0.1) is 29.1 Å². The van der Waals surface area contributed by atoms with Gasteiger partial charge in [-0.1, -0.05) is 13.0 Å². The van der Waals surface area contributed by atoms with Crippen molar-refractivity contribution in [2.75, 3.05) is 46.4 Å². The van der Waals surface area contributed by atoms with Crippen molar-refractivity contribution in [3.63, 3.8) is 0 Å². The highest BCUT2D eigenvalue weighted by atomic mass is 32.2. The number of ether oxygens (including phenoxy) is 1. The minimum atomic E-state index is 0.124. The van der Waals surface area contributed by atoms with Crippen LogP contribution in [0.1, 0.15) is 39.0 Å². The number of nitrogens with one attached hydrogen (secondary N) is 2. The highest BCUT2D eigenvalue weighted by Gasteiger charge is 2.45. The van der Waals surface area contributed by atoms with E-state index in [2.05, 4.69) is 49.8 Å². The van der Waals surface area contributed by atoms with Gasteiger partial charge in [-0.3, -0.25) is 9.69 Å². The van der Waals surface area contributed by atoms with Crippen LogP contribution < -0.4 is 10.7 Å². The molecule has 11 heteroatoms. The third kappa shape index (κ3) is 5.81. The Morgan fingerprint density at radius 2 is 2.00 bits per heavy atom. The summed E-state index contributed by atoms with van der Waals surface area (Å²) in [5.74, 6) is 1.20. The maximum atomic E-state index is 13.2. The molecule has 1 aliphatic carbocycles. The molecule has 0 aromatic heterocycles. The van der Waals surface area contributed by atoms with Crippen LogP contribution in [0.2, 0.25) is 0 Å². The quantitative estimate of drug-likeness (QED) is 0.235. The molecule has 1 unspecified atom stereocenters. The van der Waals surface area contributed by atoms with Crippen molar-refractivity contribution in [2.45, 2.75) is 51.1 Å². The number of carbonyl (C=O) groups is 1. The van der Waals surface area contributed by atoms with E-state index in [1.165, 1.54) is 11.9 Å². The fourth-order valence-corrected chi connectivity index (χ4v) is 6.97. The molecule has 4 aliphatic heterocycles. The Balaban J connectivity index is 1.18. The molecule has 5 aliphatic rings. The zero-order valence-electron chi connectivity index (χ0n) is 21.8. The summed E-state index contributed by atoms with van der Waals surface area (Å²) in [6.45, 7) is 7.47. The lowest BCUT2D eigenvalue weighted by Crippen LogP contribution is -2.56. The van der Waals surface area contributed by atoms with Crippen molar-refractivity contribution in [1.82, 2.24) is 25.0 Å². The van der Waals surface area contributed by atoms with E-state index in [0.717, 1.165) is 82.4 Å². The van der Waals surface area contributed by atoms with Crippen molar-refractivity contribution in [1.29, 1.82) is 5.26 Å². The van der Waals surface area contributed by atoms with E-state index >= 15 is 0 Å². The molecule has 37 heavy (non-hydrogen) atoms. The van der Waals surface area contributed by atoms with Crippen molar-refractivity contribution >= 4 is 29.2 Å². The van der Waals surface area contributed by atoms with E-state index in [4.69, 9.17) is 4.74 Å². The van der Waals surface area contributed by atoms with Crippen LogP contribution in [0.15, 0.2) is 33.6 Å². The molecule has 0 radical (unpaired) electrons. The van der Waals surface area contributed by atoms with E-state index < -0.39 is 0 Å². The molecule has 4 heterocycles. The molecule has 200 valence electrons. The van der Waals surface area contributed by atoms with Gasteiger partial charge < -0.3 is 20.4 Å². The topological polar surface area (TPSA) is 109 Å². The van der Waals surface area contributed by atoms with Crippen LogP contribution in [0.4, 0.5) is 0 Å². The minimum Gasteiger partial charge on any atom is -0.378 e. The second kappa shape index (κ2) is 11.9. The highest BCUT2D eigenvalue weighted by Crippen LogP contribution is 2.39. The number of hydrogen-bond donors (Lipinski definition) is 2. The van der Waals surface area contributed by atoms with E-state index in [1.807, 2.05) is 10.5 Å². The molecular weight excluding hydrogens is 488 g/mol. The summed E-state index contributed by atoms with van der Waals surface area (Å²) < 4.78 is 7.17. The van der Waals surface area contributed by atoms with E-state index in [9.17, 15) is 10.1 Å². The summed E-state index contributed by atoms with van der Waals surface area (Å²) in [5, 5.41) is 22.7. The van der Waals surface area contributed by atoms with Crippen LogP contribution in [0.25, 0.3) is 0 Å². The third-order valence-electron chi connectivity index (χ3n) is 8.19. The summed E-state index contributed by atoms with van der Waals surface area (Å²) in [6, 6.07) is 2.97. The largest absolute Gasteiger partial charge is 0.378 e. The molecule has 2 N–H and O–H groups in total. The molecule has 10 nitrogen and oxygen atoms in total. The molecule has 0 aromatic rings. The lowest BCUT2D eigenvalue weighted by atomic mass is 9.90.